The Morgan fingerprint density at radius 3 is 2.60 bits per heavy atom. The standard InChI is InChI=1S/C12H11ClN4O2S/c1-6-3-4-8(5-9(6)14-7(2)18)15-10(19)11-16-17-12(13)20-11/h3-5H,1-2H3,(H,14,18)(H,15,19). The Kier molecular flexibility index (Phi) is 4.31. The quantitative estimate of drug-likeness (QED) is 0.913. The lowest BCUT2D eigenvalue weighted by molar-refractivity contribution is -0.114. The van der Waals surface area contributed by atoms with E-state index in [4.69, 9.17) is 11.6 Å². The number of nitrogens with one attached hydrogen (secondary N) is 2. The second-order valence-corrected chi connectivity index (χ2v) is 5.58. The molecule has 20 heavy (non-hydrogen) atoms. The molecule has 0 bridgehead atoms. The maximum Gasteiger partial charge on any atom is 0.286 e. The molecule has 6 nitrogen and oxygen atoms in total. The number of nitrogens with zero attached hydrogens (tertiary/aromatic N) is 2. The molecule has 2 rings (SSSR count). The maximum atomic E-state index is 11.9. The minimum Gasteiger partial charge on any atom is -0.326 e. The van der Waals surface area contributed by atoms with E-state index in [0.29, 0.717) is 11.4 Å². The Bertz CT molecular complexity index is 671. The normalized spacial score (nSPS) is 10.2. The number of carbonyl (C=O) groups is 2. The molecular weight excluding hydrogens is 300 g/mol. The van der Waals surface area contributed by atoms with Crippen molar-refractivity contribution in [1.29, 1.82) is 0 Å². The summed E-state index contributed by atoms with van der Waals surface area (Å²) in [7, 11) is 0. The fourth-order valence-electron chi connectivity index (χ4n) is 1.51. The van der Waals surface area contributed by atoms with Crippen molar-refractivity contribution in [2.24, 2.45) is 0 Å². The highest BCUT2D eigenvalue weighted by atomic mass is 35.5. The maximum absolute atomic E-state index is 11.9. The van der Waals surface area contributed by atoms with Crippen molar-refractivity contribution < 1.29 is 9.59 Å². The molecular formula is C12H11ClN4O2S. The van der Waals surface area contributed by atoms with Crippen LogP contribution in [0.4, 0.5) is 11.4 Å². The van der Waals surface area contributed by atoms with E-state index in [2.05, 4.69) is 20.8 Å². The molecule has 0 aliphatic heterocycles. The Hall–Kier alpha value is -1.99. The van der Waals surface area contributed by atoms with Crippen LogP contribution < -0.4 is 10.6 Å². The number of anilines is 2. The zero-order valence-corrected chi connectivity index (χ0v) is 12.3. The Balaban J connectivity index is 2.17. The molecule has 1 heterocycles. The molecule has 2 N–H and O–H groups in total. The van der Waals surface area contributed by atoms with Gasteiger partial charge < -0.3 is 10.6 Å². The van der Waals surface area contributed by atoms with Crippen molar-refractivity contribution >= 4 is 46.1 Å². The summed E-state index contributed by atoms with van der Waals surface area (Å²) in [5, 5.41) is 12.8. The van der Waals surface area contributed by atoms with E-state index < -0.39 is 5.91 Å². The molecule has 0 fully saturated rings. The van der Waals surface area contributed by atoms with Crippen LogP contribution in [0.25, 0.3) is 0 Å². The number of halogens is 1. The number of hydrogen-bond acceptors (Lipinski definition) is 5. The van der Waals surface area contributed by atoms with Crippen LogP contribution in [-0.4, -0.2) is 22.0 Å². The summed E-state index contributed by atoms with van der Waals surface area (Å²) in [4.78, 5) is 23.0. The molecule has 0 saturated heterocycles. The van der Waals surface area contributed by atoms with Gasteiger partial charge in [-0.1, -0.05) is 17.4 Å². The monoisotopic (exact) mass is 310 g/mol. The van der Waals surface area contributed by atoms with Gasteiger partial charge in [0.2, 0.25) is 15.4 Å². The Morgan fingerprint density at radius 1 is 1.25 bits per heavy atom. The lowest BCUT2D eigenvalue weighted by Crippen LogP contribution is -2.13. The van der Waals surface area contributed by atoms with Crippen molar-refractivity contribution in [3.63, 3.8) is 0 Å². The molecule has 2 amide bonds. The van der Waals surface area contributed by atoms with Crippen molar-refractivity contribution in [2.75, 3.05) is 10.6 Å². The second-order valence-electron chi connectivity index (χ2n) is 4.03. The average molecular weight is 311 g/mol. The van der Waals surface area contributed by atoms with Gasteiger partial charge in [0.1, 0.15) is 0 Å². The number of aromatic nitrogens is 2. The van der Waals surface area contributed by atoms with Crippen LogP contribution >= 0.6 is 22.9 Å². The van der Waals surface area contributed by atoms with Crippen molar-refractivity contribution in [2.45, 2.75) is 13.8 Å². The lowest BCUT2D eigenvalue weighted by atomic mass is 10.1. The smallest absolute Gasteiger partial charge is 0.286 e. The molecule has 0 saturated carbocycles. The number of amides is 2. The number of hydrogen-bond donors (Lipinski definition) is 2. The third-order valence-electron chi connectivity index (χ3n) is 2.40. The average Bonchev–Trinajstić information content (AvgIpc) is 2.79. The van der Waals surface area contributed by atoms with Crippen molar-refractivity contribution in [3.8, 4) is 0 Å². The number of aryl methyl sites for hydroxylation is 1. The van der Waals surface area contributed by atoms with Crippen molar-refractivity contribution in [3.05, 3.63) is 33.2 Å². The van der Waals surface area contributed by atoms with Gasteiger partial charge in [-0.05, 0) is 36.2 Å². The summed E-state index contributed by atoms with van der Waals surface area (Å²) in [6, 6.07) is 5.21. The first kappa shape index (κ1) is 14.4. The summed E-state index contributed by atoms with van der Waals surface area (Å²) in [5.41, 5.74) is 2.10. The molecule has 104 valence electrons. The molecule has 8 heteroatoms. The molecule has 0 aliphatic rings. The third-order valence-corrected chi connectivity index (χ3v) is 3.42. The molecule has 1 aromatic carbocycles. The van der Waals surface area contributed by atoms with Gasteiger partial charge in [0, 0.05) is 18.3 Å². The van der Waals surface area contributed by atoms with Gasteiger partial charge in [-0.3, -0.25) is 9.59 Å². The molecule has 0 radical (unpaired) electrons. The third kappa shape index (κ3) is 3.52. The van der Waals surface area contributed by atoms with Gasteiger partial charge in [0.25, 0.3) is 5.91 Å². The van der Waals surface area contributed by atoms with Crippen LogP contribution in [0.1, 0.15) is 22.3 Å². The van der Waals surface area contributed by atoms with Crippen LogP contribution in [0.3, 0.4) is 0 Å². The van der Waals surface area contributed by atoms with Crippen LogP contribution in [0.5, 0.6) is 0 Å². The van der Waals surface area contributed by atoms with E-state index in [1.807, 2.05) is 6.92 Å². The topological polar surface area (TPSA) is 84.0 Å². The van der Waals surface area contributed by atoms with E-state index >= 15 is 0 Å². The molecule has 0 atom stereocenters. The molecule has 1 aromatic heterocycles. The predicted octanol–water partition coefficient (Wildman–Crippen LogP) is 2.71. The Morgan fingerprint density at radius 2 is 2.00 bits per heavy atom. The van der Waals surface area contributed by atoms with Crippen molar-refractivity contribution in [1.82, 2.24) is 10.2 Å². The van der Waals surface area contributed by atoms with Gasteiger partial charge in [-0.15, -0.1) is 10.2 Å². The zero-order valence-electron chi connectivity index (χ0n) is 10.7. The highest BCUT2D eigenvalue weighted by Gasteiger charge is 2.12. The molecule has 2 aromatic rings. The largest absolute Gasteiger partial charge is 0.326 e. The highest BCUT2D eigenvalue weighted by Crippen LogP contribution is 2.22. The van der Waals surface area contributed by atoms with Crippen LogP contribution in [0, 0.1) is 6.92 Å². The summed E-state index contributed by atoms with van der Waals surface area (Å²) >= 11 is 6.62. The molecule has 0 unspecified atom stereocenters. The van der Waals surface area contributed by atoms with Crippen LogP contribution in [-0.2, 0) is 4.79 Å². The number of carbonyl (C=O) groups excluding carboxylic acids is 2. The van der Waals surface area contributed by atoms with Gasteiger partial charge in [-0.2, -0.15) is 0 Å². The number of benzene rings is 1. The summed E-state index contributed by atoms with van der Waals surface area (Å²) in [6.45, 7) is 3.29. The first-order valence-electron chi connectivity index (χ1n) is 5.64. The molecule has 0 aliphatic carbocycles. The SMILES string of the molecule is CC(=O)Nc1cc(NC(=O)c2nnc(Cl)s2)ccc1C. The highest BCUT2D eigenvalue weighted by molar-refractivity contribution is 7.17. The van der Waals surface area contributed by atoms with E-state index in [0.717, 1.165) is 16.9 Å². The predicted molar refractivity (Wildman–Crippen MR) is 78.4 cm³/mol. The first-order chi connectivity index (χ1) is 9.45. The fraction of sp³-hybridized carbons (Fsp3) is 0.167. The number of rotatable bonds is 3. The first-order valence-corrected chi connectivity index (χ1v) is 6.84. The van der Waals surface area contributed by atoms with E-state index in [9.17, 15) is 9.59 Å². The fourth-order valence-corrected chi connectivity index (χ4v) is 2.23. The van der Waals surface area contributed by atoms with Crippen LogP contribution in [0.2, 0.25) is 4.47 Å². The van der Waals surface area contributed by atoms with E-state index in [1.165, 1.54) is 6.92 Å². The minimum absolute atomic E-state index is 0.174. The summed E-state index contributed by atoms with van der Waals surface area (Å²) in [5.74, 6) is -0.570. The summed E-state index contributed by atoms with van der Waals surface area (Å²) in [6.07, 6.45) is 0. The summed E-state index contributed by atoms with van der Waals surface area (Å²) < 4.78 is 0.206. The lowest BCUT2D eigenvalue weighted by Gasteiger charge is -2.09. The minimum atomic E-state index is -0.396. The van der Waals surface area contributed by atoms with Gasteiger partial charge in [0.15, 0.2) is 0 Å². The van der Waals surface area contributed by atoms with E-state index in [-0.39, 0.29) is 15.4 Å². The Labute approximate surface area is 124 Å². The second kappa shape index (κ2) is 5.98. The molecule has 0 spiro atoms. The van der Waals surface area contributed by atoms with Gasteiger partial charge in [-0.25, -0.2) is 0 Å². The van der Waals surface area contributed by atoms with Gasteiger partial charge >= 0.3 is 0 Å². The van der Waals surface area contributed by atoms with E-state index in [1.54, 1.807) is 18.2 Å². The van der Waals surface area contributed by atoms with Gasteiger partial charge in [0.05, 0.1) is 0 Å². The van der Waals surface area contributed by atoms with Crippen LogP contribution in [0.15, 0.2) is 18.2 Å². The zero-order chi connectivity index (χ0) is 14.7.